The summed E-state index contributed by atoms with van der Waals surface area (Å²) in [6, 6.07) is 0. The molecule has 1 aliphatic rings. The van der Waals surface area contributed by atoms with Crippen molar-refractivity contribution in [2.24, 2.45) is 0 Å². The lowest BCUT2D eigenvalue weighted by Crippen LogP contribution is -2.43. The molecule has 0 spiro atoms. The van der Waals surface area contributed by atoms with Gasteiger partial charge in [-0.3, -0.25) is 0 Å². The molecule has 0 radical (unpaired) electrons. The Morgan fingerprint density at radius 2 is 2.31 bits per heavy atom. The molecular weight excluding hydrogens is 222 g/mol. The molecule has 0 bridgehead atoms. The summed E-state index contributed by atoms with van der Waals surface area (Å²) in [6.07, 6.45) is 6.26. The van der Waals surface area contributed by atoms with Crippen molar-refractivity contribution in [2.75, 3.05) is 13.7 Å². The Bertz CT molecular complexity index is 296. The van der Waals surface area contributed by atoms with E-state index in [2.05, 4.69) is 14.9 Å². The van der Waals surface area contributed by atoms with Gasteiger partial charge in [0.1, 0.15) is 0 Å². The molecule has 0 unspecified atom stereocenters. The van der Waals surface area contributed by atoms with E-state index in [0.717, 1.165) is 25.3 Å². The third kappa shape index (κ3) is 2.99. The smallest absolute Gasteiger partial charge is 0.0893 e. The molecule has 0 aliphatic heterocycles. The Balaban J connectivity index is 1.87. The predicted octanol–water partition coefficient (Wildman–Crippen LogP) is 1.98. The van der Waals surface area contributed by atoms with Gasteiger partial charge in [-0.2, -0.15) is 0 Å². The summed E-state index contributed by atoms with van der Waals surface area (Å²) in [5.74, 6) is 0. The minimum atomic E-state index is 0.277. The van der Waals surface area contributed by atoms with Gasteiger partial charge >= 0.3 is 0 Å². The summed E-state index contributed by atoms with van der Waals surface area (Å²) < 4.78 is 9.08. The summed E-state index contributed by atoms with van der Waals surface area (Å²) in [7, 11) is 1.77. The molecule has 1 saturated carbocycles. The van der Waals surface area contributed by atoms with Crippen LogP contribution in [0.1, 0.15) is 37.8 Å². The standard InChI is InChI=1S/C11H19N3OS/c1-15-7-6-11(4-2-3-5-11)12-8-10-9-16-14-13-10/h9,12H,2-8H2,1H3. The fraction of sp³-hybridized carbons (Fsp3) is 0.818. The number of nitrogens with zero attached hydrogens (tertiary/aromatic N) is 2. The lowest BCUT2D eigenvalue weighted by Gasteiger charge is -2.30. The monoisotopic (exact) mass is 241 g/mol. The molecule has 1 aliphatic carbocycles. The number of methoxy groups -OCH3 is 1. The first-order valence-corrected chi connectivity index (χ1v) is 6.68. The highest BCUT2D eigenvalue weighted by atomic mass is 32.1. The third-order valence-corrected chi connectivity index (χ3v) is 3.95. The first-order chi connectivity index (χ1) is 7.85. The van der Waals surface area contributed by atoms with Crippen LogP contribution in [0.2, 0.25) is 0 Å². The second-order valence-corrected chi connectivity index (χ2v) is 5.09. The van der Waals surface area contributed by atoms with Crippen LogP contribution in [-0.4, -0.2) is 28.8 Å². The molecule has 90 valence electrons. The first kappa shape index (κ1) is 12.0. The van der Waals surface area contributed by atoms with Gasteiger partial charge in [-0.15, -0.1) is 5.10 Å². The molecule has 4 nitrogen and oxygen atoms in total. The maximum Gasteiger partial charge on any atom is 0.0893 e. The van der Waals surface area contributed by atoms with E-state index >= 15 is 0 Å². The molecule has 2 rings (SSSR count). The minimum Gasteiger partial charge on any atom is -0.385 e. The molecule has 1 heterocycles. The van der Waals surface area contributed by atoms with Crippen LogP contribution in [0.15, 0.2) is 5.38 Å². The highest BCUT2D eigenvalue weighted by Gasteiger charge is 2.32. The number of hydrogen-bond acceptors (Lipinski definition) is 5. The van der Waals surface area contributed by atoms with Crippen molar-refractivity contribution in [1.29, 1.82) is 0 Å². The van der Waals surface area contributed by atoms with Gasteiger partial charge in [0, 0.05) is 31.2 Å². The molecule has 0 saturated heterocycles. The lowest BCUT2D eigenvalue weighted by molar-refractivity contribution is 0.153. The van der Waals surface area contributed by atoms with E-state index in [1.807, 2.05) is 5.38 Å². The van der Waals surface area contributed by atoms with E-state index in [9.17, 15) is 0 Å². The van der Waals surface area contributed by atoms with Crippen LogP contribution in [0.3, 0.4) is 0 Å². The van der Waals surface area contributed by atoms with E-state index < -0.39 is 0 Å². The van der Waals surface area contributed by atoms with Gasteiger partial charge in [-0.25, -0.2) is 0 Å². The Morgan fingerprint density at radius 1 is 1.50 bits per heavy atom. The molecule has 1 aromatic rings. The largest absolute Gasteiger partial charge is 0.385 e. The summed E-state index contributed by atoms with van der Waals surface area (Å²) in [5, 5.41) is 9.73. The van der Waals surface area contributed by atoms with E-state index in [4.69, 9.17) is 4.74 Å². The van der Waals surface area contributed by atoms with Gasteiger partial charge in [0.2, 0.25) is 0 Å². The molecule has 5 heteroatoms. The van der Waals surface area contributed by atoms with Crippen molar-refractivity contribution < 1.29 is 4.74 Å². The van der Waals surface area contributed by atoms with Gasteiger partial charge in [0.15, 0.2) is 0 Å². The summed E-state index contributed by atoms with van der Waals surface area (Å²) in [6.45, 7) is 1.67. The predicted molar refractivity (Wildman–Crippen MR) is 64.4 cm³/mol. The van der Waals surface area contributed by atoms with Crippen LogP contribution < -0.4 is 5.32 Å². The second-order valence-electron chi connectivity index (χ2n) is 4.48. The lowest BCUT2D eigenvalue weighted by atomic mass is 9.93. The van der Waals surface area contributed by atoms with Crippen LogP contribution in [0.25, 0.3) is 0 Å². The number of rotatable bonds is 6. The average Bonchev–Trinajstić information content (AvgIpc) is 2.96. The van der Waals surface area contributed by atoms with Gasteiger partial charge in [0.25, 0.3) is 0 Å². The highest BCUT2D eigenvalue weighted by molar-refractivity contribution is 7.03. The van der Waals surface area contributed by atoms with Gasteiger partial charge in [-0.05, 0) is 30.8 Å². The SMILES string of the molecule is COCCC1(NCc2csnn2)CCCC1. The average molecular weight is 241 g/mol. The fourth-order valence-electron chi connectivity index (χ4n) is 2.40. The summed E-state index contributed by atoms with van der Waals surface area (Å²) >= 11 is 1.41. The Morgan fingerprint density at radius 3 is 2.94 bits per heavy atom. The van der Waals surface area contributed by atoms with E-state index in [1.165, 1.54) is 37.2 Å². The van der Waals surface area contributed by atoms with Gasteiger partial charge in [-0.1, -0.05) is 17.3 Å². The maximum atomic E-state index is 5.20. The molecular formula is C11H19N3OS. The van der Waals surface area contributed by atoms with Crippen LogP contribution in [-0.2, 0) is 11.3 Å². The zero-order valence-electron chi connectivity index (χ0n) is 9.74. The molecule has 0 amide bonds. The van der Waals surface area contributed by atoms with E-state index in [0.29, 0.717) is 0 Å². The van der Waals surface area contributed by atoms with Crippen LogP contribution in [0.4, 0.5) is 0 Å². The quantitative estimate of drug-likeness (QED) is 0.827. The topological polar surface area (TPSA) is 47.0 Å². The van der Waals surface area contributed by atoms with Crippen LogP contribution >= 0.6 is 11.5 Å². The molecule has 0 aromatic carbocycles. The number of ether oxygens (including phenoxy) is 1. The van der Waals surface area contributed by atoms with E-state index in [-0.39, 0.29) is 5.54 Å². The molecule has 16 heavy (non-hydrogen) atoms. The Kier molecular flexibility index (Phi) is 4.26. The molecule has 1 N–H and O–H groups in total. The number of aromatic nitrogens is 2. The van der Waals surface area contributed by atoms with Crippen molar-refractivity contribution in [3.8, 4) is 0 Å². The third-order valence-electron chi connectivity index (χ3n) is 3.40. The first-order valence-electron chi connectivity index (χ1n) is 5.85. The fourth-order valence-corrected chi connectivity index (χ4v) is 2.85. The summed E-state index contributed by atoms with van der Waals surface area (Å²) in [4.78, 5) is 0. The summed E-state index contributed by atoms with van der Waals surface area (Å²) in [5.41, 5.74) is 1.33. The zero-order valence-corrected chi connectivity index (χ0v) is 10.6. The molecule has 0 atom stereocenters. The van der Waals surface area contributed by atoms with Crippen molar-refractivity contribution >= 4 is 11.5 Å². The maximum absolute atomic E-state index is 5.20. The molecule has 1 aromatic heterocycles. The number of nitrogens with one attached hydrogen (secondary N) is 1. The Labute approximate surface area is 101 Å². The normalized spacial score (nSPS) is 19.1. The highest BCUT2D eigenvalue weighted by Crippen LogP contribution is 2.32. The number of hydrogen-bond donors (Lipinski definition) is 1. The van der Waals surface area contributed by atoms with Crippen molar-refractivity contribution in [2.45, 2.75) is 44.2 Å². The van der Waals surface area contributed by atoms with Crippen molar-refractivity contribution in [3.63, 3.8) is 0 Å². The second kappa shape index (κ2) is 5.70. The van der Waals surface area contributed by atoms with Gasteiger partial charge < -0.3 is 10.1 Å². The Hall–Kier alpha value is -0.520. The van der Waals surface area contributed by atoms with Crippen LogP contribution in [0, 0.1) is 0 Å². The van der Waals surface area contributed by atoms with Crippen molar-refractivity contribution in [1.82, 2.24) is 14.9 Å². The van der Waals surface area contributed by atoms with Crippen LogP contribution in [0.5, 0.6) is 0 Å². The van der Waals surface area contributed by atoms with E-state index in [1.54, 1.807) is 7.11 Å². The minimum absolute atomic E-state index is 0.277. The van der Waals surface area contributed by atoms with Crippen molar-refractivity contribution in [3.05, 3.63) is 11.1 Å². The van der Waals surface area contributed by atoms with Gasteiger partial charge in [0.05, 0.1) is 5.69 Å². The molecule has 1 fully saturated rings. The zero-order chi connectivity index (χ0) is 11.3.